The lowest BCUT2D eigenvalue weighted by molar-refractivity contribution is 0.198. The third kappa shape index (κ3) is 3.25. The van der Waals surface area contributed by atoms with Crippen molar-refractivity contribution in [1.82, 2.24) is 15.0 Å². The molecule has 3 aromatic rings. The van der Waals surface area contributed by atoms with E-state index in [1.54, 1.807) is 18.3 Å². The van der Waals surface area contributed by atoms with E-state index in [9.17, 15) is 14.8 Å². The van der Waals surface area contributed by atoms with Gasteiger partial charge < -0.3 is 5.11 Å². The van der Waals surface area contributed by atoms with E-state index in [0.717, 1.165) is 28.9 Å². The number of rotatable bonds is 2. The number of benzene rings is 1. The molecule has 1 N–H and O–H groups in total. The average molecular weight is 426 g/mol. The molecule has 3 atom stereocenters. The van der Waals surface area contributed by atoms with E-state index < -0.39 is 0 Å². The van der Waals surface area contributed by atoms with Crippen molar-refractivity contribution < 1.29 is 9.50 Å². The molecule has 0 saturated heterocycles. The standard InChI is InChI=1S/C26H23FN4O/c1-14-11-16(9-10-29-14)26-30-23(19-5-3-4-6-22(19)27)20-8-7-18-15(2)25(32)17(13-28)12-21(18)24(20)31-26/h3-6,9-11,15,18,21,32H,7-8,12H2,1-2H3. The molecule has 0 fully saturated rings. The molecule has 1 aromatic carbocycles. The summed E-state index contributed by atoms with van der Waals surface area (Å²) in [6.45, 7) is 3.88. The van der Waals surface area contributed by atoms with Crippen LogP contribution < -0.4 is 0 Å². The number of nitrogens with zero attached hydrogens (tertiary/aromatic N) is 4. The fourth-order valence-electron chi connectivity index (χ4n) is 5.21. The summed E-state index contributed by atoms with van der Waals surface area (Å²) in [5.41, 5.74) is 4.96. The molecule has 0 radical (unpaired) electrons. The van der Waals surface area contributed by atoms with Gasteiger partial charge >= 0.3 is 0 Å². The van der Waals surface area contributed by atoms with Gasteiger partial charge in [-0.1, -0.05) is 19.1 Å². The quantitative estimate of drug-likeness (QED) is 0.570. The third-order valence-corrected chi connectivity index (χ3v) is 6.86. The van der Waals surface area contributed by atoms with Crippen LogP contribution in [-0.2, 0) is 6.42 Å². The minimum Gasteiger partial charge on any atom is -0.511 e. The molecule has 160 valence electrons. The van der Waals surface area contributed by atoms with Gasteiger partial charge in [-0.05, 0) is 56.4 Å². The summed E-state index contributed by atoms with van der Waals surface area (Å²) in [6.07, 6.45) is 3.69. The van der Waals surface area contributed by atoms with Gasteiger partial charge in [0.2, 0.25) is 0 Å². The van der Waals surface area contributed by atoms with Gasteiger partial charge in [0.25, 0.3) is 0 Å². The minimum absolute atomic E-state index is 0.0190. The Kier molecular flexibility index (Phi) is 4.97. The van der Waals surface area contributed by atoms with E-state index in [4.69, 9.17) is 9.97 Å². The van der Waals surface area contributed by atoms with Gasteiger partial charge in [0, 0.05) is 40.4 Å². The Morgan fingerprint density at radius 1 is 1.19 bits per heavy atom. The van der Waals surface area contributed by atoms with Crippen LogP contribution in [0.1, 0.15) is 42.6 Å². The van der Waals surface area contributed by atoms with Crippen LogP contribution in [-0.4, -0.2) is 20.1 Å². The molecular formula is C26H23FN4O. The zero-order valence-corrected chi connectivity index (χ0v) is 18.0. The van der Waals surface area contributed by atoms with Crippen LogP contribution in [0.15, 0.2) is 53.9 Å². The van der Waals surface area contributed by atoms with Crippen molar-refractivity contribution in [3.63, 3.8) is 0 Å². The van der Waals surface area contributed by atoms with E-state index in [0.29, 0.717) is 35.5 Å². The van der Waals surface area contributed by atoms with Crippen molar-refractivity contribution in [2.24, 2.45) is 11.8 Å². The predicted molar refractivity (Wildman–Crippen MR) is 119 cm³/mol. The van der Waals surface area contributed by atoms with E-state index >= 15 is 0 Å². The molecule has 2 heterocycles. The van der Waals surface area contributed by atoms with Crippen molar-refractivity contribution in [2.45, 2.75) is 39.0 Å². The summed E-state index contributed by atoms with van der Waals surface area (Å²) >= 11 is 0. The fourth-order valence-corrected chi connectivity index (χ4v) is 5.21. The normalized spacial score (nSPS) is 22.1. The molecule has 5 rings (SSSR count). The summed E-state index contributed by atoms with van der Waals surface area (Å²) in [5, 5.41) is 20.1. The molecule has 2 aromatic heterocycles. The highest BCUT2D eigenvalue weighted by Gasteiger charge is 2.42. The average Bonchev–Trinajstić information content (AvgIpc) is 2.80. The van der Waals surface area contributed by atoms with Crippen LogP contribution in [0.5, 0.6) is 0 Å². The van der Waals surface area contributed by atoms with Crippen LogP contribution in [0.25, 0.3) is 22.6 Å². The predicted octanol–water partition coefficient (Wildman–Crippen LogP) is 5.67. The lowest BCUT2D eigenvalue weighted by Gasteiger charge is -2.40. The van der Waals surface area contributed by atoms with E-state index in [2.05, 4.69) is 11.1 Å². The van der Waals surface area contributed by atoms with Crippen LogP contribution in [0.4, 0.5) is 4.39 Å². The van der Waals surface area contributed by atoms with Crippen molar-refractivity contribution in [1.29, 1.82) is 5.26 Å². The first-order chi connectivity index (χ1) is 15.5. The topological polar surface area (TPSA) is 82.7 Å². The number of aliphatic hydroxyl groups is 1. The van der Waals surface area contributed by atoms with Crippen LogP contribution in [0.2, 0.25) is 0 Å². The summed E-state index contributed by atoms with van der Waals surface area (Å²) in [5.74, 6) is 0.447. The van der Waals surface area contributed by atoms with Crippen molar-refractivity contribution in [2.75, 3.05) is 0 Å². The number of pyridine rings is 1. The van der Waals surface area contributed by atoms with E-state index in [1.165, 1.54) is 6.07 Å². The molecule has 2 aliphatic rings. The SMILES string of the molecule is Cc1cc(-c2nc(-c3ccccc3F)c3c(n2)C2CC(C#N)=C(O)C(C)C2CC3)ccn1. The number of fused-ring (bicyclic) bond motifs is 3. The van der Waals surface area contributed by atoms with Crippen molar-refractivity contribution in [3.05, 3.63) is 76.7 Å². The largest absolute Gasteiger partial charge is 0.511 e. The minimum atomic E-state index is -0.320. The van der Waals surface area contributed by atoms with Gasteiger partial charge in [0.15, 0.2) is 5.82 Å². The highest BCUT2D eigenvalue weighted by Crippen LogP contribution is 2.50. The molecule has 2 aliphatic carbocycles. The second-order valence-electron chi connectivity index (χ2n) is 8.70. The number of halogens is 1. The first-order valence-corrected chi connectivity index (χ1v) is 10.9. The van der Waals surface area contributed by atoms with Gasteiger partial charge in [0.05, 0.1) is 23.0 Å². The number of aryl methyl sites for hydroxylation is 1. The highest BCUT2D eigenvalue weighted by atomic mass is 19.1. The monoisotopic (exact) mass is 426 g/mol. The molecule has 0 bridgehead atoms. The molecule has 6 heteroatoms. The smallest absolute Gasteiger partial charge is 0.160 e. The first kappa shape index (κ1) is 20.3. The highest BCUT2D eigenvalue weighted by molar-refractivity contribution is 5.69. The summed E-state index contributed by atoms with van der Waals surface area (Å²) < 4.78 is 14.9. The van der Waals surface area contributed by atoms with E-state index in [-0.39, 0.29) is 29.3 Å². The Hall–Kier alpha value is -3.59. The lowest BCUT2D eigenvalue weighted by Crippen LogP contribution is -2.33. The summed E-state index contributed by atoms with van der Waals surface area (Å²) in [4.78, 5) is 14.1. The number of aliphatic hydroxyl groups excluding tert-OH is 1. The third-order valence-electron chi connectivity index (χ3n) is 6.86. The zero-order valence-electron chi connectivity index (χ0n) is 18.0. The second kappa shape index (κ2) is 7.83. The maximum atomic E-state index is 14.9. The zero-order chi connectivity index (χ0) is 22.4. The van der Waals surface area contributed by atoms with Gasteiger partial charge in [0.1, 0.15) is 11.6 Å². The van der Waals surface area contributed by atoms with Crippen LogP contribution in [0, 0.1) is 35.9 Å². The fraction of sp³-hybridized carbons (Fsp3) is 0.308. The van der Waals surface area contributed by atoms with Gasteiger partial charge in [-0.3, -0.25) is 4.98 Å². The molecule has 0 saturated carbocycles. The molecule has 0 amide bonds. The van der Waals surface area contributed by atoms with Gasteiger partial charge in [-0.2, -0.15) is 5.26 Å². The van der Waals surface area contributed by atoms with Crippen molar-refractivity contribution >= 4 is 0 Å². The molecule has 32 heavy (non-hydrogen) atoms. The summed E-state index contributed by atoms with van der Waals surface area (Å²) in [7, 11) is 0. The molecule has 5 nitrogen and oxygen atoms in total. The maximum Gasteiger partial charge on any atom is 0.160 e. The van der Waals surface area contributed by atoms with Crippen molar-refractivity contribution in [3.8, 4) is 28.7 Å². The molecule has 0 aliphatic heterocycles. The van der Waals surface area contributed by atoms with E-state index in [1.807, 2.05) is 32.0 Å². The Balaban J connectivity index is 1.75. The summed E-state index contributed by atoms with van der Waals surface area (Å²) in [6, 6.07) is 12.6. The number of hydrogen-bond donors (Lipinski definition) is 1. The Labute approximate surface area is 186 Å². The van der Waals surface area contributed by atoms with Crippen LogP contribution in [0.3, 0.4) is 0 Å². The number of nitriles is 1. The van der Waals surface area contributed by atoms with Gasteiger partial charge in [-0.15, -0.1) is 0 Å². The number of hydrogen-bond acceptors (Lipinski definition) is 5. The maximum absolute atomic E-state index is 14.9. The Morgan fingerprint density at radius 3 is 2.75 bits per heavy atom. The molecule has 3 unspecified atom stereocenters. The molecule has 0 spiro atoms. The van der Waals surface area contributed by atoms with Gasteiger partial charge in [-0.25, -0.2) is 14.4 Å². The second-order valence-corrected chi connectivity index (χ2v) is 8.70. The number of aromatic nitrogens is 3. The number of allylic oxidation sites excluding steroid dienone is 2. The molecular weight excluding hydrogens is 403 g/mol. The van der Waals surface area contributed by atoms with Crippen LogP contribution >= 0.6 is 0 Å². The lowest BCUT2D eigenvalue weighted by atomic mass is 9.65. The Bertz CT molecular complexity index is 1290. The first-order valence-electron chi connectivity index (χ1n) is 10.9. The Morgan fingerprint density at radius 2 is 2.00 bits per heavy atom.